The van der Waals surface area contributed by atoms with Gasteiger partial charge in [0.05, 0.1) is 12.2 Å². The number of hydrogen-bond donors (Lipinski definition) is 1. The maximum absolute atomic E-state index is 13.1. The molecule has 3 nitrogen and oxygen atoms in total. The molecule has 96 valence electrons. The summed E-state index contributed by atoms with van der Waals surface area (Å²) in [6.45, 7) is 5.90. The van der Waals surface area contributed by atoms with E-state index in [2.05, 4.69) is 10.3 Å². The van der Waals surface area contributed by atoms with Crippen LogP contribution in [-0.2, 0) is 0 Å². The highest BCUT2D eigenvalue weighted by atomic mass is 19.1. The first-order valence-corrected chi connectivity index (χ1v) is 5.99. The number of aryl methyl sites for hydroxylation is 1. The van der Waals surface area contributed by atoms with Crippen LogP contribution in [-0.4, -0.2) is 4.98 Å². The summed E-state index contributed by atoms with van der Waals surface area (Å²) in [4.78, 5) is 3.85. The zero-order chi connectivity index (χ0) is 13.1. The molecule has 0 aliphatic heterocycles. The average molecular weight is 248 g/mol. The van der Waals surface area contributed by atoms with Crippen LogP contribution in [0.1, 0.15) is 43.0 Å². The topological polar surface area (TPSA) is 38.1 Å². The molecule has 2 atom stereocenters. The molecule has 2 heterocycles. The standard InChI is InChI=1S/C14H17FN2O/c1-9-4-5-14(18-9)11(3)17-10(2)12-6-13(15)8-16-7-12/h4-8,10-11,17H,1-3H3. The summed E-state index contributed by atoms with van der Waals surface area (Å²) in [5, 5.41) is 3.35. The molecule has 0 aromatic carbocycles. The van der Waals surface area contributed by atoms with E-state index in [-0.39, 0.29) is 17.9 Å². The van der Waals surface area contributed by atoms with E-state index in [0.717, 1.165) is 17.1 Å². The molecule has 1 N–H and O–H groups in total. The summed E-state index contributed by atoms with van der Waals surface area (Å²) < 4.78 is 18.6. The van der Waals surface area contributed by atoms with Crippen molar-refractivity contribution >= 4 is 0 Å². The van der Waals surface area contributed by atoms with Crippen molar-refractivity contribution in [2.75, 3.05) is 0 Å². The SMILES string of the molecule is Cc1ccc(C(C)NC(C)c2cncc(F)c2)o1. The zero-order valence-corrected chi connectivity index (χ0v) is 10.8. The fourth-order valence-corrected chi connectivity index (χ4v) is 1.90. The van der Waals surface area contributed by atoms with Gasteiger partial charge in [-0.3, -0.25) is 4.98 Å². The molecule has 0 saturated heterocycles. The van der Waals surface area contributed by atoms with Crippen molar-refractivity contribution in [1.29, 1.82) is 0 Å². The molecule has 0 bridgehead atoms. The summed E-state index contributed by atoms with van der Waals surface area (Å²) in [6, 6.07) is 5.45. The van der Waals surface area contributed by atoms with Crippen molar-refractivity contribution in [3.63, 3.8) is 0 Å². The van der Waals surface area contributed by atoms with E-state index in [1.165, 1.54) is 12.3 Å². The fourth-order valence-electron chi connectivity index (χ4n) is 1.90. The lowest BCUT2D eigenvalue weighted by atomic mass is 10.1. The lowest BCUT2D eigenvalue weighted by molar-refractivity contribution is 0.391. The van der Waals surface area contributed by atoms with Crippen molar-refractivity contribution in [2.24, 2.45) is 0 Å². The van der Waals surface area contributed by atoms with E-state index < -0.39 is 0 Å². The zero-order valence-electron chi connectivity index (χ0n) is 10.8. The van der Waals surface area contributed by atoms with Gasteiger partial charge in [0, 0.05) is 12.2 Å². The van der Waals surface area contributed by atoms with Crippen LogP contribution in [0.2, 0.25) is 0 Å². The molecule has 0 aliphatic carbocycles. The van der Waals surface area contributed by atoms with Crippen LogP contribution in [0.25, 0.3) is 0 Å². The van der Waals surface area contributed by atoms with Crippen LogP contribution < -0.4 is 5.32 Å². The predicted octanol–water partition coefficient (Wildman–Crippen LogP) is 3.53. The molecule has 0 saturated carbocycles. The summed E-state index contributed by atoms with van der Waals surface area (Å²) in [5.74, 6) is 1.45. The van der Waals surface area contributed by atoms with Gasteiger partial charge in [-0.05, 0) is 44.5 Å². The smallest absolute Gasteiger partial charge is 0.141 e. The molecule has 2 rings (SSSR count). The van der Waals surface area contributed by atoms with E-state index in [4.69, 9.17) is 4.42 Å². The first kappa shape index (κ1) is 12.8. The minimum absolute atomic E-state index is 0.00797. The molecule has 0 fully saturated rings. The Morgan fingerprint density at radius 3 is 2.61 bits per heavy atom. The lowest BCUT2D eigenvalue weighted by Crippen LogP contribution is -2.22. The minimum Gasteiger partial charge on any atom is -0.465 e. The average Bonchev–Trinajstić information content (AvgIpc) is 2.76. The Morgan fingerprint density at radius 2 is 2.00 bits per heavy atom. The van der Waals surface area contributed by atoms with Gasteiger partial charge in [-0.25, -0.2) is 4.39 Å². The number of furan rings is 1. The largest absolute Gasteiger partial charge is 0.465 e. The molecule has 2 unspecified atom stereocenters. The van der Waals surface area contributed by atoms with Gasteiger partial charge in [0.15, 0.2) is 0 Å². The second-order valence-corrected chi connectivity index (χ2v) is 4.49. The van der Waals surface area contributed by atoms with Gasteiger partial charge < -0.3 is 9.73 Å². The minimum atomic E-state index is -0.317. The summed E-state index contributed by atoms with van der Waals surface area (Å²) in [7, 11) is 0. The Morgan fingerprint density at radius 1 is 1.22 bits per heavy atom. The van der Waals surface area contributed by atoms with Crippen LogP contribution in [0, 0.1) is 12.7 Å². The Bertz CT molecular complexity index is 524. The Kier molecular flexibility index (Phi) is 3.77. The van der Waals surface area contributed by atoms with Gasteiger partial charge in [-0.2, -0.15) is 0 Å². The molecule has 0 amide bonds. The second-order valence-electron chi connectivity index (χ2n) is 4.49. The molecule has 0 spiro atoms. The van der Waals surface area contributed by atoms with Crippen molar-refractivity contribution in [3.8, 4) is 0 Å². The van der Waals surface area contributed by atoms with Gasteiger partial charge in [-0.1, -0.05) is 0 Å². The molecular weight excluding hydrogens is 231 g/mol. The van der Waals surface area contributed by atoms with Crippen molar-refractivity contribution < 1.29 is 8.81 Å². The highest BCUT2D eigenvalue weighted by Gasteiger charge is 2.14. The van der Waals surface area contributed by atoms with Gasteiger partial charge in [0.1, 0.15) is 17.3 Å². The van der Waals surface area contributed by atoms with E-state index in [0.29, 0.717) is 0 Å². The van der Waals surface area contributed by atoms with E-state index >= 15 is 0 Å². The number of pyridine rings is 1. The highest BCUT2D eigenvalue weighted by molar-refractivity contribution is 5.16. The lowest BCUT2D eigenvalue weighted by Gasteiger charge is -2.18. The molecule has 2 aromatic rings. The second kappa shape index (κ2) is 5.31. The quantitative estimate of drug-likeness (QED) is 0.899. The van der Waals surface area contributed by atoms with Crippen molar-refractivity contribution in [2.45, 2.75) is 32.9 Å². The molecular formula is C14H17FN2O. The first-order chi connectivity index (χ1) is 8.56. The number of hydrogen-bond acceptors (Lipinski definition) is 3. The number of nitrogens with one attached hydrogen (secondary N) is 1. The Labute approximate surface area is 106 Å². The molecule has 0 radical (unpaired) electrons. The Balaban J connectivity index is 2.05. The molecule has 4 heteroatoms. The number of nitrogens with zero attached hydrogens (tertiary/aromatic N) is 1. The fraction of sp³-hybridized carbons (Fsp3) is 0.357. The third-order valence-electron chi connectivity index (χ3n) is 2.91. The van der Waals surface area contributed by atoms with Crippen LogP contribution in [0.4, 0.5) is 4.39 Å². The van der Waals surface area contributed by atoms with Gasteiger partial charge in [0.2, 0.25) is 0 Å². The van der Waals surface area contributed by atoms with Crippen molar-refractivity contribution in [3.05, 3.63) is 53.5 Å². The van der Waals surface area contributed by atoms with Crippen molar-refractivity contribution in [1.82, 2.24) is 10.3 Å². The third kappa shape index (κ3) is 2.96. The first-order valence-electron chi connectivity index (χ1n) is 5.99. The number of halogens is 1. The van der Waals surface area contributed by atoms with Crippen LogP contribution in [0.5, 0.6) is 0 Å². The van der Waals surface area contributed by atoms with Crippen LogP contribution in [0.15, 0.2) is 35.0 Å². The van der Waals surface area contributed by atoms with Gasteiger partial charge in [0.25, 0.3) is 0 Å². The van der Waals surface area contributed by atoms with E-state index in [1.54, 1.807) is 6.20 Å². The number of rotatable bonds is 4. The van der Waals surface area contributed by atoms with Gasteiger partial charge in [-0.15, -0.1) is 0 Å². The number of aromatic nitrogens is 1. The highest BCUT2D eigenvalue weighted by Crippen LogP contribution is 2.20. The van der Waals surface area contributed by atoms with Gasteiger partial charge >= 0.3 is 0 Å². The summed E-state index contributed by atoms with van der Waals surface area (Å²) >= 11 is 0. The third-order valence-corrected chi connectivity index (χ3v) is 2.91. The Hall–Kier alpha value is -1.68. The van der Waals surface area contributed by atoms with E-state index in [9.17, 15) is 4.39 Å². The predicted molar refractivity (Wildman–Crippen MR) is 67.6 cm³/mol. The monoisotopic (exact) mass is 248 g/mol. The normalized spacial score (nSPS) is 14.4. The molecule has 2 aromatic heterocycles. The maximum Gasteiger partial charge on any atom is 0.141 e. The maximum atomic E-state index is 13.1. The molecule has 18 heavy (non-hydrogen) atoms. The van der Waals surface area contributed by atoms with Crippen LogP contribution >= 0.6 is 0 Å². The van der Waals surface area contributed by atoms with E-state index in [1.807, 2.05) is 32.9 Å². The summed E-state index contributed by atoms with van der Waals surface area (Å²) in [6.07, 6.45) is 2.87. The van der Waals surface area contributed by atoms with Crippen LogP contribution in [0.3, 0.4) is 0 Å². The summed E-state index contributed by atoms with van der Waals surface area (Å²) in [5.41, 5.74) is 0.824. The molecule has 0 aliphatic rings.